The van der Waals surface area contributed by atoms with Gasteiger partial charge in [-0.3, -0.25) is 19.6 Å². The normalized spacial score (nSPS) is 11.6. The van der Waals surface area contributed by atoms with Crippen molar-refractivity contribution in [2.45, 2.75) is 18.7 Å². The summed E-state index contributed by atoms with van der Waals surface area (Å²) in [5, 5.41) is 7.59. The Morgan fingerprint density at radius 3 is 2.67 bits per heavy atom. The van der Waals surface area contributed by atoms with Crippen molar-refractivity contribution in [2.75, 3.05) is 4.72 Å². The van der Waals surface area contributed by atoms with Crippen LogP contribution in [0.5, 0.6) is 0 Å². The van der Waals surface area contributed by atoms with E-state index in [1.165, 1.54) is 36.8 Å². The second-order valence-corrected chi connectivity index (χ2v) is 8.83. The Balaban J connectivity index is 1.78. The van der Waals surface area contributed by atoms with Gasteiger partial charge in [-0.2, -0.15) is 5.10 Å². The number of carbonyl (C=O) groups is 1. The largest absolute Gasteiger partial charge is 0.287 e. The molecule has 3 aromatic heterocycles. The first-order valence-electron chi connectivity index (χ1n) is 8.84. The maximum atomic E-state index is 13.2. The summed E-state index contributed by atoms with van der Waals surface area (Å²) in [5.74, 6) is -0.450. The Bertz CT molecular complexity index is 1400. The van der Waals surface area contributed by atoms with Crippen LogP contribution in [0.2, 0.25) is 5.02 Å². The minimum atomic E-state index is -3.97. The summed E-state index contributed by atoms with van der Waals surface area (Å²) < 4.78 is 28.4. The molecule has 0 spiro atoms. The summed E-state index contributed by atoms with van der Waals surface area (Å²) in [6, 6.07) is 7.49. The van der Waals surface area contributed by atoms with Crippen LogP contribution in [0.3, 0.4) is 0 Å². The Kier molecular flexibility index (Phi) is 5.00. The lowest BCUT2D eigenvalue weighted by Gasteiger charge is -2.13. The monoisotopic (exact) mass is 441 g/mol. The van der Waals surface area contributed by atoms with E-state index in [0.29, 0.717) is 32.7 Å². The van der Waals surface area contributed by atoms with E-state index in [-0.39, 0.29) is 16.3 Å². The number of halogens is 1. The van der Waals surface area contributed by atoms with Gasteiger partial charge in [0.2, 0.25) is 5.78 Å². The fraction of sp³-hybridized carbons (Fsp3) is 0.100. The van der Waals surface area contributed by atoms with Gasteiger partial charge in [-0.25, -0.2) is 13.4 Å². The number of fused-ring (bicyclic) bond motifs is 1. The number of sulfonamides is 1. The third kappa shape index (κ3) is 3.64. The molecule has 0 unspecified atom stereocenters. The first-order valence-corrected chi connectivity index (χ1v) is 10.7. The van der Waals surface area contributed by atoms with Crippen molar-refractivity contribution < 1.29 is 13.2 Å². The number of carbonyl (C=O) groups excluding carboxylic acids is 1. The molecule has 8 nitrogen and oxygen atoms in total. The van der Waals surface area contributed by atoms with E-state index in [2.05, 4.69) is 24.9 Å². The molecular formula is C20H16ClN5O3S. The summed E-state index contributed by atoms with van der Waals surface area (Å²) in [6.45, 7) is 3.47. The Hall–Kier alpha value is -3.30. The molecule has 0 aliphatic carbocycles. The van der Waals surface area contributed by atoms with Crippen molar-refractivity contribution in [3.8, 4) is 0 Å². The fourth-order valence-electron chi connectivity index (χ4n) is 2.99. The van der Waals surface area contributed by atoms with Crippen LogP contribution in [0.1, 0.15) is 27.2 Å². The number of aromatic amines is 1. The number of nitrogens with zero attached hydrogens (tertiary/aromatic N) is 3. The number of H-pyrrole nitrogens is 1. The number of aromatic nitrogens is 4. The maximum absolute atomic E-state index is 13.2. The molecular weight excluding hydrogens is 426 g/mol. The summed E-state index contributed by atoms with van der Waals surface area (Å²) in [7, 11) is -3.97. The number of nitrogens with one attached hydrogen (secondary N) is 2. The lowest BCUT2D eigenvalue weighted by Crippen LogP contribution is -2.17. The van der Waals surface area contributed by atoms with Crippen molar-refractivity contribution in [3.05, 3.63) is 76.3 Å². The third-order valence-corrected chi connectivity index (χ3v) is 6.31. The van der Waals surface area contributed by atoms with Gasteiger partial charge in [0.15, 0.2) is 5.65 Å². The number of hydrogen-bond donors (Lipinski definition) is 2. The van der Waals surface area contributed by atoms with Crippen LogP contribution in [0.4, 0.5) is 5.69 Å². The highest BCUT2D eigenvalue weighted by Crippen LogP contribution is 2.26. The molecule has 0 saturated heterocycles. The van der Waals surface area contributed by atoms with Gasteiger partial charge in [0.05, 0.1) is 16.8 Å². The molecule has 4 rings (SSSR count). The third-order valence-electron chi connectivity index (χ3n) is 4.52. The highest BCUT2D eigenvalue weighted by Gasteiger charge is 2.23. The number of benzene rings is 1. The van der Waals surface area contributed by atoms with Crippen molar-refractivity contribution in [1.29, 1.82) is 0 Å². The molecule has 4 aromatic rings. The molecule has 0 aliphatic rings. The van der Waals surface area contributed by atoms with E-state index in [1.54, 1.807) is 26.0 Å². The van der Waals surface area contributed by atoms with Gasteiger partial charge >= 0.3 is 0 Å². The van der Waals surface area contributed by atoms with Crippen molar-refractivity contribution >= 4 is 44.1 Å². The lowest BCUT2D eigenvalue weighted by atomic mass is 10.0. The van der Waals surface area contributed by atoms with Crippen LogP contribution in [-0.2, 0) is 10.0 Å². The number of ketones is 1. The smallest absolute Gasteiger partial charge is 0.261 e. The molecule has 3 heterocycles. The molecule has 1 aromatic carbocycles. The second-order valence-electron chi connectivity index (χ2n) is 6.75. The summed E-state index contributed by atoms with van der Waals surface area (Å²) in [4.78, 5) is 21.6. The number of hydrogen-bond acceptors (Lipinski definition) is 6. The predicted molar refractivity (Wildman–Crippen MR) is 113 cm³/mol. The topological polar surface area (TPSA) is 118 Å². The molecule has 0 atom stereocenters. The van der Waals surface area contributed by atoms with Crippen molar-refractivity contribution in [1.82, 2.24) is 20.2 Å². The van der Waals surface area contributed by atoms with Crippen LogP contribution in [0, 0.1) is 13.8 Å². The molecule has 0 bridgehead atoms. The van der Waals surface area contributed by atoms with Gasteiger partial charge < -0.3 is 0 Å². The second kappa shape index (κ2) is 7.51. The van der Waals surface area contributed by atoms with E-state index >= 15 is 0 Å². The SMILES string of the molecule is Cc1cnc(C(=O)c2ccnc3[nH]ncc23)c(NS(=O)(=O)c2ccc(Cl)c(C)c2)c1. The van der Waals surface area contributed by atoms with Crippen molar-refractivity contribution in [3.63, 3.8) is 0 Å². The fourth-order valence-corrected chi connectivity index (χ4v) is 4.25. The highest BCUT2D eigenvalue weighted by molar-refractivity contribution is 7.92. The average Bonchev–Trinajstić information content (AvgIpc) is 3.18. The molecule has 0 radical (unpaired) electrons. The molecule has 2 N–H and O–H groups in total. The Morgan fingerprint density at radius 2 is 1.90 bits per heavy atom. The molecule has 152 valence electrons. The average molecular weight is 442 g/mol. The predicted octanol–water partition coefficient (Wildman–Crippen LogP) is 3.65. The van der Waals surface area contributed by atoms with Gasteiger partial charge in [0, 0.05) is 28.4 Å². The molecule has 30 heavy (non-hydrogen) atoms. The van der Waals surface area contributed by atoms with Gasteiger partial charge in [-0.1, -0.05) is 11.6 Å². The first-order chi connectivity index (χ1) is 14.3. The van der Waals surface area contributed by atoms with E-state index in [4.69, 9.17) is 11.6 Å². The quantitative estimate of drug-likeness (QED) is 0.456. The molecule has 0 fully saturated rings. The number of pyridine rings is 2. The molecule has 0 saturated carbocycles. The Labute approximate surface area is 177 Å². The van der Waals surface area contributed by atoms with Gasteiger partial charge in [-0.15, -0.1) is 0 Å². The van der Waals surface area contributed by atoms with Crippen LogP contribution in [0.25, 0.3) is 11.0 Å². The van der Waals surface area contributed by atoms with Crippen LogP contribution in [0.15, 0.2) is 53.8 Å². The lowest BCUT2D eigenvalue weighted by molar-refractivity contribution is 0.103. The number of aryl methyl sites for hydroxylation is 2. The highest BCUT2D eigenvalue weighted by atomic mass is 35.5. The zero-order valence-corrected chi connectivity index (χ0v) is 17.5. The summed E-state index contributed by atoms with van der Waals surface area (Å²) in [5.41, 5.74) is 2.14. The standard InChI is InChI=1S/C20H16ClN5O3S/c1-11-7-17(26-30(28,29)13-3-4-16(21)12(2)8-13)18(23-9-11)19(27)14-5-6-22-20-15(14)10-24-25-20/h3-10,26H,1-2H3,(H,22,24,25). The van der Waals surface area contributed by atoms with E-state index < -0.39 is 15.8 Å². The number of anilines is 1. The van der Waals surface area contributed by atoms with Gasteiger partial charge in [-0.05, 0) is 55.3 Å². The maximum Gasteiger partial charge on any atom is 0.261 e. The van der Waals surface area contributed by atoms with Crippen LogP contribution < -0.4 is 4.72 Å². The first kappa shape index (κ1) is 20.0. The summed E-state index contributed by atoms with van der Waals surface area (Å²) >= 11 is 6.00. The van der Waals surface area contributed by atoms with E-state index in [1.807, 2.05) is 0 Å². The van der Waals surface area contributed by atoms with Crippen LogP contribution in [-0.4, -0.2) is 34.4 Å². The zero-order chi connectivity index (χ0) is 21.5. The minimum Gasteiger partial charge on any atom is -0.287 e. The molecule has 0 aliphatic heterocycles. The van der Waals surface area contributed by atoms with E-state index in [0.717, 1.165) is 0 Å². The van der Waals surface area contributed by atoms with Crippen molar-refractivity contribution in [2.24, 2.45) is 0 Å². The summed E-state index contributed by atoms with van der Waals surface area (Å²) in [6.07, 6.45) is 4.47. The van der Waals surface area contributed by atoms with Gasteiger partial charge in [0.25, 0.3) is 10.0 Å². The van der Waals surface area contributed by atoms with Crippen LogP contribution >= 0.6 is 11.6 Å². The minimum absolute atomic E-state index is 0.0245. The molecule has 0 amide bonds. The Morgan fingerprint density at radius 1 is 1.10 bits per heavy atom. The molecule has 10 heteroatoms. The zero-order valence-electron chi connectivity index (χ0n) is 16.0. The van der Waals surface area contributed by atoms with Gasteiger partial charge in [0.1, 0.15) is 5.69 Å². The number of rotatable bonds is 5. The van der Waals surface area contributed by atoms with E-state index in [9.17, 15) is 13.2 Å².